The molecule has 1 aromatic carbocycles. The second-order valence-corrected chi connectivity index (χ2v) is 4.97. The van der Waals surface area contributed by atoms with Crippen LogP contribution in [0.5, 0.6) is 0 Å². The van der Waals surface area contributed by atoms with Crippen LogP contribution in [0.25, 0.3) is 0 Å². The summed E-state index contributed by atoms with van der Waals surface area (Å²) in [6.45, 7) is 5.00. The molecule has 0 radical (unpaired) electrons. The van der Waals surface area contributed by atoms with E-state index in [1.807, 2.05) is 26.1 Å². The van der Waals surface area contributed by atoms with Gasteiger partial charge in [0.2, 0.25) is 0 Å². The molecule has 1 rings (SSSR count). The fraction of sp³-hybridized carbons (Fsp3) is 0.500. The van der Waals surface area contributed by atoms with Crippen molar-refractivity contribution < 1.29 is 4.74 Å². The molecule has 0 atom stereocenters. The highest BCUT2D eigenvalue weighted by molar-refractivity contribution is 14.0. The van der Waals surface area contributed by atoms with Crippen molar-refractivity contribution in [2.45, 2.75) is 13.5 Å². The standard InChI is InChI=1S/C14H22BrN3O.HI/c1-4-19-10-9-17-14(16-2)18(3)11-12-7-5-6-8-13(12)15;/h5-8H,4,9-11H2,1-3H3,(H,16,17);1H. The van der Waals surface area contributed by atoms with Crippen molar-refractivity contribution >= 4 is 45.9 Å². The van der Waals surface area contributed by atoms with Gasteiger partial charge in [0.1, 0.15) is 0 Å². The minimum atomic E-state index is 0. The Morgan fingerprint density at radius 3 is 2.70 bits per heavy atom. The summed E-state index contributed by atoms with van der Waals surface area (Å²) >= 11 is 3.56. The van der Waals surface area contributed by atoms with E-state index < -0.39 is 0 Å². The lowest BCUT2D eigenvalue weighted by atomic mass is 10.2. The average molecular weight is 456 g/mol. The van der Waals surface area contributed by atoms with Crippen LogP contribution in [-0.2, 0) is 11.3 Å². The zero-order valence-corrected chi connectivity index (χ0v) is 16.1. The molecule has 0 amide bonds. The first kappa shape index (κ1) is 19.7. The molecule has 0 aromatic heterocycles. The summed E-state index contributed by atoms with van der Waals surface area (Å²) in [4.78, 5) is 6.36. The van der Waals surface area contributed by atoms with Crippen molar-refractivity contribution in [3.05, 3.63) is 34.3 Å². The first-order valence-corrected chi connectivity index (χ1v) is 7.21. The van der Waals surface area contributed by atoms with Crippen LogP contribution in [0.2, 0.25) is 0 Å². The molecule has 1 N–H and O–H groups in total. The number of nitrogens with zero attached hydrogens (tertiary/aromatic N) is 2. The number of nitrogens with one attached hydrogen (secondary N) is 1. The summed E-state index contributed by atoms with van der Waals surface area (Å²) in [6.07, 6.45) is 0. The van der Waals surface area contributed by atoms with Gasteiger partial charge in [-0.25, -0.2) is 0 Å². The van der Waals surface area contributed by atoms with Gasteiger partial charge < -0.3 is 15.0 Å². The van der Waals surface area contributed by atoms with E-state index >= 15 is 0 Å². The largest absolute Gasteiger partial charge is 0.380 e. The summed E-state index contributed by atoms with van der Waals surface area (Å²) in [6, 6.07) is 8.21. The summed E-state index contributed by atoms with van der Waals surface area (Å²) in [7, 11) is 3.81. The summed E-state index contributed by atoms with van der Waals surface area (Å²) in [5.41, 5.74) is 1.23. The van der Waals surface area contributed by atoms with Crippen LogP contribution in [0.4, 0.5) is 0 Å². The smallest absolute Gasteiger partial charge is 0.193 e. The zero-order chi connectivity index (χ0) is 14.1. The number of aliphatic imine (C=N–C) groups is 1. The quantitative estimate of drug-likeness (QED) is 0.310. The average Bonchev–Trinajstić information content (AvgIpc) is 2.41. The lowest BCUT2D eigenvalue weighted by Gasteiger charge is -2.22. The Kier molecular flexibility index (Phi) is 11.1. The monoisotopic (exact) mass is 455 g/mol. The predicted molar refractivity (Wildman–Crippen MR) is 98.9 cm³/mol. The fourth-order valence-corrected chi connectivity index (χ4v) is 2.13. The van der Waals surface area contributed by atoms with Gasteiger partial charge in [-0.3, -0.25) is 4.99 Å². The highest BCUT2D eigenvalue weighted by atomic mass is 127. The molecule has 0 saturated heterocycles. The van der Waals surface area contributed by atoms with Crippen LogP contribution in [-0.4, -0.2) is 44.7 Å². The Morgan fingerprint density at radius 1 is 1.40 bits per heavy atom. The highest BCUT2D eigenvalue weighted by Gasteiger charge is 2.07. The number of rotatable bonds is 6. The van der Waals surface area contributed by atoms with Crippen LogP contribution < -0.4 is 5.32 Å². The topological polar surface area (TPSA) is 36.9 Å². The zero-order valence-electron chi connectivity index (χ0n) is 12.2. The molecule has 114 valence electrons. The maximum absolute atomic E-state index is 5.30. The number of hydrogen-bond donors (Lipinski definition) is 1. The van der Waals surface area contributed by atoms with E-state index in [4.69, 9.17) is 4.74 Å². The molecule has 4 nitrogen and oxygen atoms in total. The summed E-state index contributed by atoms with van der Waals surface area (Å²) in [5.74, 6) is 0.871. The third kappa shape index (κ3) is 6.90. The molecule has 0 bridgehead atoms. The van der Waals surface area contributed by atoms with Crippen molar-refractivity contribution in [1.29, 1.82) is 0 Å². The maximum Gasteiger partial charge on any atom is 0.193 e. The number of benzene rings is 1. The maximum atomic E-state index is 5.30. The van der Waals surface area contributed by atoms with Gasteiger partial charge in [0.25, 0.3) is 0 Å². The molecule has 0 unspecified atom stereocenters. The molecule has 0 aliphatic carbocycles. The van der Waals surface area contributed by atoms with E-state index in [2.05, 4.69) is 43.3 Å². The van der Waals surface area contributed by atoms with E-state index in [9.17, 15) is 0 Å². The Bertz CT molecular complexity index is 415. The third-order valence-electron chi connectivity index (χ3n) is 2.67. The van der Waals surface area contributed by atoms with E-state index in [0.29, 0.717) is 6.61 Å². The lowest BCUT2D eigenvalue weighted by molar-refractivity contribution is 0.152. The van der Waals surface area contributed by atoms with Gasteiger partial charge in [0.15, 0.2) is 5.96 Å². The second kappa shape index (κ2) is 11.3. The van der Waals surface area contributed by atoms with Crippen molar-refractivity contribution in [2.75, 3.05) is 33.9 Å². The van der Waals surface area contributed by atoms with E-state index in [0.717, 1.165) is 30.1 Å². The Morgan fingerprint density at radius 2 is 2.10 bits per heavy atom. The van der Waals surface area contributed by atoms with Gasteiger partial charge in [-0.1, -0.05) is 34.1 Å². The summed E-state index contributed by atoms with van der Waals surface area (Å²) in [5, 5.41) is 3.28. The summed E-state index contributed by atoms with van der Waals surface area (Å²) < 4.78 is 6.42. The molecule has 20 heavy (non-hydrogen) atoms. The minimum Gasteiger partial charge on any atom is -0.380 e. The van der Waals surface area contributed by atoms with Gasteiger partial charge in [-0.05, 0) is 18.6 Å². The molecule has 0 saturated carbocycles. The number of ether oxygens (including phenoxy) is 1. The van der Waals surface area contributed by atoms with Crippen molar-refractivity contribution in [1.82, 2.24) is 10.2 Å². The van der Waals surface area contributed by atoms with Crippen LogP contribution >= 0.6 is 39.9 Å². The molecule has 0 heterocycles. The Balaban J connectivity index is 0.00000361. The van der Waals surface area contributed by atoms with E-state index in [1.54, 1.807) is 7.05 Å². The van der Waals surface area contributed by atoms with Crippen LogP contribution in [0.3, 0.4) is 0 Å². The number of hydrogen-bond acceptors (Lipinski definition) is 2. The van der Waals surface area contributed by atoms with E-state index in [1.165, 1.54) is 5.56 Å². The van der Waals surface area contributed by atoms with Crippen molar-refractivity contribution in [3.63, 3.8) is 0 Å². The number of guanidine groups is 1. The third-order valence-corrected chi connectivity index (χ3v) is 3.45. The van der Waals surface area contributed by atoms with Crippen molar-refractivity contribution in [2.24, 2.45) is 4.99 Å². The molecule has 0 aliphatic rings. The van der Waals surface area contributed by atoms with Crippen molar-refractivity contribution in [3.8, 4) is 0 Å². The molecular formula is C14H23BrIN3O. The molecule has 0 aliphatic heterocycles. The second-order valence-electron chi connectivity index (χ2n) is 4.12. The van der Waals surface area contributed by atoms with E-state index in [-0.39, 0.29) is 24.0 Å². The van der Waals surface area contributed by atoms with Gasteiger partial charge in [-0.15, -0.1) is 24.0 Å². The lowest BCUT2D eigenvalue weighted by Crippen LogP contribution is -2.40. The molecule has 0 fully saturated rings. The Labute approximate surface area is 147 Å². The predicted octanol–water partition coefficient (Wildman–Crippen LogP) is 3.11. The van der Waals surface area contributed by atoms with Gasteiger partial charge in [-0.2, -0.15) is 0 Å². The molecular weight excluding hydrogens is 433 g/mol. The normalized spacial score (nSPS) is 10.9. The fourth-order valence-electron chi connectivity index (χ4n) is 1.72. The minimum absolute atomic E-state index is 0. The first-order valence-electron chi connectivity index (χ1n) is 6.42. The van der Waals surface area contributed by atoms with Crippen LogP contribution in [0.15, 0.2) is 33.7 Å². The molecule has 0 spiro atoms. The van der Waals surface area contributed by atoms with Crippen LogP contribution in [0, 0.1) is 0 Å². The van der Waals surface area contributed by atoms with Gasteiger partial charge in [0, 0.05) is 38.3 Å². The van der Waals surface area contributed by atoms with Gasteiger partial charge >= 0.3 is 0 Å². The SMILES string of the molecule is CCOCCNC(=NC)N(C)Cc1ccccc1Br.I. The molecule has 6 heteroatoms. The van der Waals surface area contributed by atoms with Gasteiger partial charge in [0.05, 0.1) is 6.61 Å². The number of halogens is 2. The highest BCUT2D eigenvalue weighted by Crippen LogP contribution is 2.17. The Hall–Kier alpha value is -0.340. The first-order chi connectivity index (χ1) is 9.19. The van der Waals surface area contributed by atoms with Crippen LogP contribution in [0.1, 0.15) is 12.5 Å². The molecule has 1 aromatic rings.